The highest BCUT2D eigenvalue weighted by atomic mass is 16.5. The van der Waals surface area contributed by atoms with Crippen molar-refractivity contribution in [3.8, 4) is 12.3 Å². The molecule has 0 saturated heterocycles. The Balaban J connectivity index is 2.95. The van der Waals surface area contributed by atoms with E-state index in [1.165, 1.54) is 24.1 Å². The molecule has 30 heavy (non-hydrogen) atoms. The molecule has 1 aromatic rings. The van der Waals surface area contributed by atoms with Crippen molar-refractivity contribution >= 4 is 29.9 Å². The molecule has 0 radical (unpaired) electrons. The first-order valence-corrected chi connectivity index (χ1v) is 10.0. The highest BCUT2D eigenvalue weighted by Gasteiger charge is 2.14. The van der Waals surface area contributed by atoms with E-state index in [9.17, 15) is 9.59 Å². The lowest BCUT2D eigenvalue weighted by atomic mass is 10.1. The van der Waals surface area contributed by atoms with Crippen molar-refractivity contribution < 1.29 is 14.8 Å². The van der Waals surface area contributed by atoms with E-state index in [1.54, 1.807) is 18.4 Å². The third-order valence-electron chi connectivity index (χ3n) is 4.21. The molecule has 1 aromatic heterocycles. The van der Waals surface area contributed by atoms with Crippen molar-refractivity contribution in [2.45, 2.75) is 45.4 Å². The minimum absolute atomic E-state index is 0.123. The number of anilines is 1. The minimum Gasteiger partial charge on any atom is -0.369 e. The first-order valence-electron chi connectivity index (χ1n) is 10.0. The highest BCUT2D eigenvalue weighted by molar-refractivity contribution is 5.86. The van der Waals surface area contributed by atoms with E-state index in [2.05, 4.69) is 30.1 Å². The van der Waals surface area contributed by atoms with Crippen LogP contribution in [-0.4, -0.2) is 39.7 Å². The first-order chi connectivity index (χ1) is 14.6. The van der Waals surface area contributed by atoms with Crippen molar-refractivity contribution in [1.82, 2.24) is 20.3 Å². The van der Waals surface area contributed by atoms with Gasteiger partial charge in [-0.2, -0.15) is 0 Å². The van der Waals surface area contributed by atoms with Crippen LogP contribution in [0.2, 0.25) is 0 Å². The molecule has 1 heterocycles. The zero-order valence-corrected chi connectivity index (χ0v) is 17.5. The summed E-state index contributed by atoms with van der Waals surface area (Å²) < 4.78 is 1.81. The third-order valence-corrected chi connectivity index (χ3v) is 4.21. The van der Waals surface area contributed by atoms with Crippen LogP contribution in [0.3, 0.4) is 0 Å². The molecule has 4 N–H and O–H groups in total. The van der Waals surface area contributed by atoms with E-state index in [0.29, 0.717) is 12.4 Å². The summed E-state index contributed by atoms with van der Waals surface area (Å²) in [5.74, 6) is 3.07. The molecule has 0 unspecified atom stereocenters. The largest absolute Gasteiger partial charge is 0.369 e. The van der Waals surface area contributed by atoms with Crippen LogP contribution in [-0.2, 0) is 16.0 Å². The van der Waals surface area contributed by atoms with Crippen molar-refractivity contribution in [2.75, 3.05) is 18.4 Å². The Morgan fingerprint density at radius 2 is 2.10 bits per heavy atom. The summed E-state index contributed by atoms with van der Waals surface area (Å²) in [6.07, 6.45) is 18.4. The summed E-state index contributed by atoms with van der Waals surface area (Å²) in [7, 11) is 0. The number of terminal acetylenes is 1. The number of imidazole rings is 1. The number of unbranched alkanes of at least 4 members (excludes halogenated alkanes) is 3. The second-order valence-corrected chi connectivity index (χ2v) is 6.48. The quantitative estimate of drug-likeness (QED) is 0.0937. The van der Waals surface area contributed by atoms with Crippen LogP contribution < -0.4 is 16.1 Å². The van der Waals surface area contributed by atoms with Gasteiger partial charge in [0.25, 0.3) is 5.91 Å². The van der Waals surface area contributed by atoms with Gasteiger partial charge in [0.05, 0.1) is 12.2 Å². The zero-order valence-electron chi connectivity index (χ0n) is 17.5. The van der Waals surface area contributed by atoms with Crippen molar-refractivity contribution in [2.24, 2.45) is 0 Å². The van der Waals surface area contributed by atoms with Gasteiger partial charge in [-0.05, 0) is 18.9 Å². The average Bonchev–Trinajstić information content (AvgIpc) is 3.08. The second-order valence-electron chi connectivity index (χ2n) is 6.48. The number of rotatable bonds is 14. The fourth-order valence-electron chi connectivity index (χ4n) is 2.74. The molecule has 2 amide bonds. The highest BCUT2D eigenvalue weighted by Crippen LogP contribution is 2.22. The monoisotopic (exact) mass is 413 g/mol. The summed E-state index contributed by atoms with van der Waals surface area (Å²) in [5.41, 5.74) is 2.42. The van der Waals surface area contributed by atoms with Crippen LogP contribution in [0.4, 0.5) is 5.82 Å². The maximum absolute atomic E-state index is 11.8. The molecule has 1 rings (SSSR count). The maximum Gasteiger partial charge on any atom is 0.267 e. The number of hydrogen-bond donors (Lipinski definition) is 4. The van der Waals surface area contributed by atoms with Gasteiger partial charge in [-0.3, -0.25) is 19.4 Å². The Morgan fingerprint density at radius 1 is 1.30 bits per heavy atom. The standard InChI is InChI=1S/C22H31N5O3/c1-4-7-8-9-12-18-22(24-17-15-20(28)23-16-5-2)27(6-3)19(25-18)13-10-11-14-21(29)26-30/h2,6,10-11,13-14,24,30H,3-4,7-9,12,15-17H2,1H3,(H,23,28)(H,26,29)/b13-10+,14-11+. The van der Waals surface area contributed by atoms with Gasteiger partial charge in [-0.25, -0.2) is 10.5 Å². The van der Waals surface area contributed by atoms with E-state index in [4.69, 9.17) is 16.6 Å². The lowest BCUT2D eigenvalue weighted by Crippen LogP contribution is -2.25. The van der Waals surface area contributed by atoms with E-state index in [-0.39, 0.29) is 18.9 Å². The SMILES string of the molecule is C#CCNC(=O)CCNc1c(CCCCCC)nc(/C=C/C=C/C(=O)NO)n1C=C. The summed E-state index contributed by atoms with van der Waals surface area (Å²) in [6, 6.07) is 0. The minimum atomic E-state index is -0.617. The molecular formula is C22H31N5O3. The predicted molar refractivity (Wildman–Crippen MR) is 120 cm³/mol. The molecular weight excluding hydrogens is 382 g/mol. The molecule has 0 fully saturated rings. The van der Waals surface area contributed by atoms with Gasteiger partial charge in [-0.1, -0.05) is 50.8 Å². The van der Waals surface area contributed by atoms with Gasteiger partial charge in [0.15, 0.2) is 0 Å². The summed E-state index contributed by atoms with van der Waals surface area (Å²) in [6.45, 7) is 6.67. The number of nitrogens with zero attached hydrogens (tertiary/aromatic N) is 2. The van der Waals surface area contributed by atoms with Crippen LogP contribution in [0, 0.1) is 12.3 Å². The van der Waals surface area contributed by atoms with Gasteiger partial charge >= 0.3 is 0 Å². The Kier molecular flexibility index (Phi) is 12.1. The molecule has 0 bridgehead atoms. The fraction of sp³-hybridized carbons (Fsp3) is 0.409. The van der Waals surface area contributed by atoms with Gasteiger partial charge in [0.1, 0.15) is 11.6 Å². The second kappa shape index (κ2) is 14.7. The average molecular weight is 414 g/mol. The molecule has 0 aliphatic heterocycles. The lowest BCUT2D eigenvalue weighted by molar-refractivity contribution is -0.124. The number of nitrogens with one attached hydrogen (secondary N) is 3. The van der Waals surface area contributed by atoms with Crippen LogP contribution in [0.25, 0.3) is 12.3 Å². The molecule has 8 heteroatoms. The van der Waals surface area contributed by atoms with Gasteiger partial charge < -0.3 is 10.6 Å². The first kappa shape index (κ1) is 24.7. The Hall–Kier alpha value is -3.31. The third kappa shape index (κ3) is 8.80. The molecule has 0 aromatic carbocycles. The number of aryl methyl sites for hydroxylation is 1. The van der Waals surface area contributed by atoms with Crippen LogP contribution >= 0.6 is 0 Å². The topological polar surface area (TPSA) is 108 Å². The molecule has 0 atom stereocenters. The predicted octanol–water partition coefficient (Wildman–Crippen LogP) is 2.73. The lowest BCUT2D eigenvalue weighted by Gasteiger charge is -2.10. The van der Waals surface area contributed by atoms with Crippen LogP contribution in [0.5, 0.6) is 0 Å². The van der Waals surface area contributed by atoms with Crippen LogP contribution in [0.15, 0.2) is 24.8 Å². The summed E-state index contributed by atoms with van der Waals surface area (Å²) in [5, 5.41) is 14.4. The molecule has 0 aliphatic rings. The van der Waals surface area contributed by atoms with Crippen LogP contribution in [0.1, 0.15) is 50.5 Å². The zero-order chi connectivity index (χ0) is 22.2. The molecule has 0 spiro atoms. The smallest absolute Gasteiger partial charge is 0.267 e. The fourth-order valence-corrected chi connectivity index (χ4v) is 2.74. The summed E-state index contributed by atoms with van der Waals surface area (Å²) >= 11 is 0. The number of carbonyl (C=O) groups is 2. The Bertz CT molecular complexity index is 802. The Morgan fingerprint density at radius 3 is 2.77 bits per heavy atom. The number of aromatic nitrogens is 2. The number of allylic oxidation sites excluding steroid dienone is 2. The van der Waals surface area contributed by atoms with Crippen molar-refractivity contribution in [3.63, 3.8) is 0 Å². The number of carbonyl (C=O) groups excluding carboxylic acids is 2. The van der Waals surface area contributed by atoms with E-state index in [0.717, 1.165) is 37.2 Å². The van der Waals surface area contributed by atoms with Crippen molar-refractivity contribution in [3.05, 3.63) is 36.3 Å². The van der Waals surface area contributed by atoms with Crippen molar-refractivity contribution in [1.29, 1.82) is 0 Å². The molecule has 0 saturated carbocycles. The number of hydroxylamine groups is 1. The van der Waals surface area contributed by atoms with E-state index >= 15 is 0 Å². The number of amides is 2. The maximum atomic E-state index is 11.8. The molecule has 0 aliphatic carbocycles. The van der Waals surface area contributed by atoms with Gasteiger partial charge in [-0.15, -0.1) is 6.42 Å². The van der Waals surface area contributed by atoms with E-state index in [1.807, 2.05) is 4.57 Å². The van der Waals surface area contributed by atoms with Gasteiger partial charge in [0.2, 0.25) is 5.91 Å². The summed E-state index contributed by atoms with van der Waals surface area (Å²) in [4.78, 5) is 27.5. The van der Waals surface area contributed by atoms with E-state index < -0.39 is 5.91 Å². The Labute approximate surface area is 178 Å². The normalized spacial score (nSPS) is 10.8. The van der Waals surface area contributed by atoms with Gasteiger partial charge in [0, 0.05) is 25.2 Å². The molecule has 162 valence electrons. The number of hydrogen-bond acceptors (Lipinski definition) is 5. The molecule has 8 nitrogen and oxygen atoms in total.